The lowest BCUT2D eigenvalue weighted by Crippen LogP contribution is -2.49. The molecule has 0 bridgehead atoms. The van der Waals surface area contributed by atoms with Crippen molar-refractivity contribution in [3.8, 4) is 0 Å². The summed E-state index contributed by atoms with van der Waals surface area (Å²) in [4.78, 5) is 10.0. The third-order valence-electron chi connectivity index (χ3n) is 1.48. The highest BCUT2D eigenvalue weighted by Crippen LogP contribution is 2.01. The van der Waals surface area contributed by atoms with Crippen LogP contribution in [0.1, 0.15) is 0 Å². The van der Waals surface area contributed by atoms with Gasteiger partial charge in [0.25, 0.3) is 0 Å². The second-order valence-corrected chi connectivity index (χ2v) is 2.44. The number of nitrogens with two attached hydrogens (primary N) is 1. The van der Waals surface area contributed by atoms with E-state index in [0.29, 0.717) is 0 Å². The largest absolute Gasteiger partial charge is 0.394 e. The van der Waals surface area contributed by atoms with E-state index < -0.39 is 31.0 Å². The minimum atomic E-state index is -1.62. The van der Waals surface area contributed by atoms with Gasteiger partial charge in [0.15, 0.2) is 0 Å². The van der Waals surface area contributed by atoms with E-state index >= 15 is 0 Å². The fraction of sp³-hybridized carbons (Fsp3) is 0.833. The van der Waals surface area contributed by atoms with E-state index in [2.05, 4.69) is 0 Å². The molecule has 0 amide bonds. The summed E-state index contributed by atoms with van der Waals surface area (Å²) in [6.45, 7) is -0.705. The fourth-order valence-corrected chi connectivity index (χ4v) is 0.644. The lowest BCUT2D eigenvalue weighted by molar-refractivity contribution is -0.118. The molecule has 72 valence electrons. The average Bonchev–Trinajstić information content (AvgIpc) is 2.12. The quantitative estimate of drug-likeness (QED) is 0.280. The van der Waals surface area contributed by atoms with Gasteiger partial charge in [-0.15, -0.1) is 0 Å². The number of carbonyl (C=O) groups is 1. The van der Waals surface area contributed by atoms with Crippen molar-refractivity contribution in [2.24, 2.45) is 5.73 Å². The number of aliphatic hydroxyl groups is 4. The van der Waals surface area contributed by atoms with Crippen LogP contribution in [0.25, 0.3) is 0 Å². The summed E-state index contributed by atoms with van der Waals surface area (Å²) in [5.74, 6) is 0. The van der Waals surface area contributed by atoms with Gasteiger partial charge >= 0.3 is 0 Å². The highest BCUT2D eigenvalue weighted by molar-refractivity contribution is 5.58. The molecule has 6 nitrogen and oxygen atoms in total. The normalized spacial score (nSPS) is 21.1. The maximum atomic E-state index is 10.0. The lowest BCUT2D eigenvalue weighted by atomic mass is 10.0. The first kappa shape index (κ1) is 11.5. The Morgan fingerprint density at radius 2 is 1.75 bits per heavy atom. The molecule has 0 aliphatic heterocycles. The zero-order valence-corrected chi connectivity index (χ0v) is 6.37. The summed E-state index contributed by atoms with van der Waals surface area (Å²) < 4.78 is 0. The monoisotopic (exact) mass is 179 g/mol. The van der Waals surface area contributed by atoms with Crippen molar-refractivity contribution in [3.05, 3.63) is 0 Å². The van der Waals surface area contributed by atoms with Crippen LogP contribution in [0, 0.1) is 0 Å². The van der Waals surface area contributed by atoms with Crippen molar-refractivity contribution in [1.82, 2.24) is 0 Å². The molecule has 0 aliphatic rings. The molecule has 0 radical (unpaired) electrons. The molecule has 0 fully saturated rings. The summed E-state index contributed by atoms with van der Waals surface area (Å²) in [6.07, 6.45) is -4.43. The Balaban J connectivity index is 4.07. The molecule has 0 saturated heterocycles. The number of hydrogen-bond acceptors (Lipinski definition) is 6. The molecule has 6 heteroatoms. The summed E-state index contributed by atoms with van der Waals surface area (Å²) >= 11 is 0. The molecular weight excluding hydrogens is 166 g/mol. The Morgan fingerprint density at radius 1 is 1.25 bits per heavy atom. The molecule has 4 atom stereocenters. The minimum Gasteiger partial charge on any atom is -0.394 e. The van der Waals surface area contributed by atoms with Gasteiger partial charge in [0.2, 0.25) is 0 Å². The van der Waals surface area contributed by atoms with Gasteiger partial charge in [-0.05, 0) is 0 Å². The molecule has 0 rings (SSSR count). The second kappa shape index (κ2) is 5.18. The van der Waals surface area contributed by atoms with Crippen molar-refractivity contribution >= 4 is 6.29 Å². The van der Waals surface area contributed by atoms with Crippen LogP contribution in [0.5, 0.6) is 0 Å². The number of carbonyl (C=O) groups excluding carboxylic acids is 1. The van der Waals surface area contributed by atoms with Crippen molar-refractivity contribution in [2.45, 2.75) is 24.4 Å². The standard InChI is InChI=1S/C6H13NO5/c7-3(1-8)5(11)6(12)4(10)2-9/h1,3-6,9-12H,2,7H2/t3-,4-,5+,6+/m0/s1. The third kappa shape index (κ3) is 2.84. The Bertz CT molecular complexity index is 142. The molecule has 0 aromatic rings. The maximum absolute atomic E-state index is 10.0. The van der Waals surface area contributed by atoms with Crippen molar-refractivity contribution in [1.29, 1.82) is 0 Å². The van der Waals surface area contributed by atoms with Crippen molar-refractivity contribution < 1.29 is 25.2 Å². The Hall–Kier alpha value is -0.530. The first-order valence-electron chi connectivity index (χ1n) is 3.40. The third-order valence-corrected chi connectivity index (χ3v) is 1.48. The Kier molecular flexibility index (Phi) is 4.95. The molecule has 0 aromatic carbocycles. The minimum absolute atomic E-state index is 0.248. The Labute approximate surface area is 69.2 Å². The number of rotatable bonds is 5. The van der Waals surface area contributed by atoms with Crippen molar-refractivity contribution in [3.63, 3.8) is 0 Å². The zero-order chi connectivity index (χ0) is 9.72. The first-order chi connectivity index (χ1) is 5.54. The second-order valence-electron chi connectivity index (χ2n) is 2.44. The van der Waals surface area contributed by atoms with Crippen LogP contribution >= 0.6 is 0 Å². The van der Waals surface area contributed by atoms with Gasteiger partial charge in [-0.2, -0.15) is 0 Å². The van der Waals surface area contributed by atoms with E-state index in [1.165, 1.54) is 0 Å². The molecule has 0 aliphatic carbocycles. The van der Waals surface area contributed by atoms with Crippen LogP contribution in [0.15, 0.2) is 0 Å². The summed E-state index contributed by atoms with van der Waals surface area (Å²) in [7, 11) is 0. The van der Waals surface area contributed by atoms with Gasteiger partial charge in [0.05, 0.1) is 12.6 Å². The van der Waals surface area contributed by atoms with E-state index in [9.17, 15) is 4.79 Å². The average molecular weight is 179 g/mol. The van der Waals surface area contributed by atoms with Gasteiger partial charge < -0.3 is 31.0 Å². The number of hydrogen-bond donors (Lipinski definition) is 5. The van der Waals surface area contributed by atoms with Crippen LogP contribution in [-0.2, 0) is 4.79 Å². The highest BCUT2D eigenvalue weighted by Gasteiger charge is 2.28. The fourth-order valence-electron chi connectivity index (χ4n) is 0.644. The van der Waals surface area contributed by atoms with E-state index in [4.69, 9.17) is 26.2 Å². The maximum Gasteiger partial charge on any atom is 0.139 e. The van der Waals surface area contributed by atoms with Gasteiger partial charge in [0.1, 0.15) is 24.6 Å². The Morgan fingerprint density at radius 3 is 2.08 bits per heavy atom. The molecule has 6 N–H and O–H groups in total. The predicted octanol–water partition coefficient (Wildman–Crippen LogP) is -3.41. The molecule has 0 spiro atoms. The zero-order valence-electron chi connectivity index (χ0n) is 6.37. The van der Waals surface area contributed by atoms with E-state index in [1.807, 2.05) is 0 Å². The number of aliphatic hydroxyl groups excluding tert-OH is 4. The molecule has 0 aromatic heterocycles. The molecule has 0 unspecified atom stereocenters. The first-order valence-corrected chi connectivity index (χ1v) is 3.40. The summed E-state index contributed by atoms with van der Waals surface area (Å²) in [5, 5.41) is 35.2. The lowest BCUT2D eigenvalue weighted by Gasteiger charge is -2.23. The molecular formula is C6H13NO5. The van der Waals surface area contributed by atoms with Crippen molar-refractivity contribution in [2.75, 3.05) is 6.61 Å². The molecule has 12 heavy (non-hydrogen) atoms. The van der Waals surface area contributed by atoms with Crippen LogP contribution < -0.4 is 5.73 Å². The predicted molar refractivity (Wildman–Crippen MR) is 39.1 cm³/mol. The number of aldehydes is 1. The van der Waals surface area contributed by atoms with Gasteiger partial charge in [0, 0.05) is 0 Å². The van der Waals surface area contributed by atoms with Gasteiger partial charge in [-0.1, -0.05) is 0 Å². The van der Waals surface area contributed by atoms with Crippen LogP contribution in [0.3, 0.4) is 0 Å². The van der Waals surface area contributed by atoms with E-state index in [1.54, 1.807) is 0 Å². The van der Waals surface area contributed by atoms with Crippen LogP contribution in [-0.4, -0.2) is 57.7 Å². The van der Waals surface area contributed by atoms with Crippen LogP contribution in [0.4, 0.5) is 0 Å². The SMILES string of the molecule is N[C@@H](C=O)[C@@H](O)[C@H](O)[C@@H](O)CO. The molecule has 0 saturated carbocycles. The van der Waals surface area contributed by atoms with Gasteiger partial charge in [-0.25, -0.2) is 0 Å². The summed E-state index contributed by atoms with van der Waals surface area (Å²) in [5.41, 5.74) is 5.04. The summed E-state index contributed by atoms with van der Waals surface area (Å²) in [6, 6.07) is -1.26. The smallest absolute Gasteiger partial charge is 0.139 e. The van der Waals surface area contributed by atoms with E-state index in [-0.39, 0.29) is 6.29 Å². The highest BCUT2D eigenvalue weighted by atomic mass is 16.4. The van der Waals surface area contributed by atoms with Gasteiger partial charge in [-0.3, -0.25) is 0 Å². The molecule has 0 heterocycles. The van der Waals surface area contributed by atoms with E-state index in [0.717, 1.165) is 0 Å². The van der Waals surface area contributed by atoms with Crippen LogP contribution in [0.2, 0.25) is 0 Å². The topological polar surface area (TPSA) is 124 Å².